The Bertz CT molecular complexity index is 1400. The van der Waals surface area contributed by atoms with Gasteiger partial charge in [-0.3, -0.25) is 4.79 Å². The largest absolute Gasteiger partial charge is 0.322 e. The molecule has 4 aromatic rings. The molecule has 2 N–H and O–H groups in total. The summed E-state index contributed by atoms with van der Waals surface area (Å²) in [6.45, 7) is 5.91. The normalized spacial score (nSPS) is 10.7. The molecule has 0 aliphatic carbocycles. The van der Waals surface area contributed by atoms with Crippen LogP contribution >= 0.6 is 0 Å². The molecule has 0 bridgehead atoms. The zero-order valence-corrected chi connectivity index (χ0v) is 21.2. The molecule has 3 amide bonds. The molecule has 1 heterocycles. The van der Waals surface area contributed by atoms with Gasteiger partial charge in [0.25, 0.3) is 0 Å². The zero-order chi connectivity index (χ0) is 26.4. The van der Waals surface area contributed by atoms with Gasteiger partial charge < -0.3 is 15.5 Å². The Labute approximate surface area is 215 Å². The molecule has 0 aliphatic rings. The summed E-state index contributed by atoms with van der Waals surface area (Å²) < 4.78 is 15.8. The highest BCUT2D eigenvalue weighted by Crippen LogP contribution is 2.34. The molecule has 0 spiro atoms. The Hall–Kier alpha value is -4.46. The van der Waals surface area contributed by atoms with E-state index in [9.17, 15) is 14.0 Å². The van der Waals surface area contributed by atoms with E-state index in [0.717, 1.165) is 28.1 Å². The van der Waals surface area contributed by atoms with Crippen LogP contribution in [0.2, 0.25) is 0 Å². The standard InChI is InChI=1S/C29H30FN5O2/c1-4-18-34(29(37)31-24-16-10-9-15-23(24)30)19-26(36)32-28-27(22-13-6-5-7-14-22)21(3)33-35(28)25-17-11-8-12-20(25)2/h5-17H,4,18-19H2,1-3H3,(H,31,37)(H,32,36). The van der Waals surface area contributed by atoms with Crippen LogP contribution in [0.1, 0.15) is 24.6 Å². The van der Waals surface area contributed by atoms with E-state index in [1.54, 1.807) is 16.8 Å². The Morgan fingerprint density at radius 2 is 1.59 bits per heavy atom. The molecule has 4 rings (SSSR count). The van der Waals surface area contributed by atoms with Crippen molar-refractivity contribution >= 4 is 23.4 Å². The third kappa shape index (κ3) is 5.86. The van der Waals surface area contributed by atoms with E-state index in [2.05, 4.69) is 10.6 Å². The van der Waals surface area contributed by atoms with Crippen molar-refractivity contribution in [1.29, 1.82) is 0 Å². The summed E-state index contributed by atoms with van der Waals surface area (Å²) in [5.74, 6) is -0.403. The number of carbonyl (C=O) groups excluding carboxylic acids is 2. The van der Waals surface area contributed by atoms with Crippen LogP contribution in [0.3, 0.4) is 0 Å². The van der Waals surface area contributed by atoms with Gasteiger partial charge >= 0.3 is 6.03 Å². The summed E-state index contributed by atoms with van der Waals surface area (Å²) in [5, 5.41) is 10.3. The van der Waals surface area contributed by atoms with Gasteiger partial charge in [-0.25, -0.2) is 13.9 Å². The number of aromatic nitrogens is 2. The number of halogens is 1. The fourth-order valence-corrected chi connectivity index (χ4v) is 4.19. The van der Waals surface area contributed by atoms with Crippen LogP contribution in [0.25, 0.3) is 16.8 Å². The second kappa shape index (κ2) is 11.5. The quantitative estimate of drug-likeness (QED) is 0.304. The second-order valence-corrected chi connectivity index (χ2v) is 8.75. The highest BCUT2D eigenvalue weighted by atomic mass is 19.1. The van der Waals surface area contributed by atoms with Gasteiger partial charge in [0.15, 0.2) is 0 Å². The Morgan fingerprint density at radius 3 is 2.30 bits per heavy atom. The lowest BCUT2D eigenvalue weighted by Gasteiger charge is -2.22. The summed E-state index contributed by atoms with van der Waals surface area (Å²) in [7, 11) is 0. The lowest BCUT2D eigenvalue weighted by molar-refractivity contribution is -0.116. The monoisotopic (exact) mass is 499 g/mol. The number of urea groups is 1. The van der Waals surface area contributed by atoms with Crippen LogP contribution in [0, 0.1) is 19.7 Å². The number of hydrogen-bond donors (Lipinski definition) is 2. The van der Waals surface area contributed by atoms with Gasteiger partial charge in [-0.2, -0.15) is 5.10 Å². The maximum Gasteiger partial charge on any atom is 0.322 e. The minimum atomic E-state index is -0.547. The van der Waals surface area contributed by atoms with Crippen molar-refractivity contribution in [2.45, 2.75) is 27.2 Å². The van der Waals surface area contributed by atoms with Gasteiger partial charge in [0.1, 0.15) is 18.2 Å². The molecule has 7 nitrogen and oxygen atoms in total. The molecule has 0 aliphatic heterocycles. The van der Waals surface area contributed by atoms with Gasteiger partial charge in [0, 0.05) is 12.1 Å². The molecule has 0 radical (unpaired) electrons. The summed E-state index contributed by atoms with van der Waals surface area (Å²) in [6.07, 6.45) is 0.632. The van der Waals surface area contributed by atoms with Crippen molar-refractivity contribution in [3.05, 3.63) is 95.9 Å². The fraction of sp³-hybridized carbons (Fsp3) is 0.207. The van der Waals surface area contributed by atoms with Gasteiger partial charge in [-0.1, -0.05) is 67.6 Å². The summed E-state index contributed by atoms with van der Waals surface area (Å²) in [6, 6.07) is 22.9. The van der Waals surface area contributed by atoms with Gasteiger partial charge in [-0.15, -0.1) is 0 Å². The van der Waals surface area contributed by atoms with E-state index >= 15 is 0 Å². The predicted octanol–water partition coefficient (Wildman–Crippen LogP) is 6.18. The van der Waals surface area contributed by atoms with Crippen molar-refractivity contribution in [3.63, 3.8) is 0 Å². The number of anilines is 2. The van der Waals surface area contributed by atoms with E-state index in [1.807, 2.05) is 75.4 Å². The minimum absolute atomic E-state index is 0.0635. The number of amides is 3. The van der Waals surface area contributed by atoms with Crippen molar-refractivity contribution in [2.75, 3.05) is 23.7 Å². The summed E-state index contributed by atoms with van der Waals surface area (Å²) in [5.41, 5.74) is 4.37. The first kappa shape index (κ1) is 25.6. The molecule has 3 aromatic carbocycles. The van der Waals surface area contributed by atoms with Gasteiger partial charge in [0.05, 0.1) is 17.1 Å². The van der Waals surface area contributed by atoms with Crippen molar-refractivity contribution in [2.24, 2.45) is 0 Å². The molecule has 190 valence electrons. The Kier molecular flexibility index (Phi) is 7.98. The molecule has 0 saturated carbocycles. The van der Waals surface area contributed by atoms with E-state index in [-0.39, 0.29) is 18.1 Å². The first-order valence-corrected chi connectivity index (χ1v) is 12.2. The first-order chi connectivity index (χ1) is 17.9. The molecule has 0 saturated heterocycles. The number of nitrogens with one attached hydrogen (secondary N) is 2. The van der Waals surface area contributed by atoms with Gasteiger partial charge in [-0.05, 0) is 49.6 Å². The maximum atomic E-state index is 14.1. The number of para-hydroxylation sites is 2. The number of aryl methyl sites for hydroxylation is 2. The van der Waals surface area contributed by atoms with Gasteiger partial charge in [0.2, 0.25) is 5.91 Å². The lowest BCUT2D eigenvalue weighted by Crippen LogP contribution is -2.41. The van der Waals surface area contributed by atoms with Crippen LogP contribution < -0.4 is 10.6 Å². The highest BCUT2D eigenvalue weighted by Gasteiger charge is 2.23. The average molecular weight is 500 g/mol. The molecular formula is C29H30FN5O2. The van der Waals surface area contributed by atoms with Crippen LogP contribution in [-0.4, -0.2) is 39.7 Å². The molecule has 37 heavy (non-hydrogen) atoms. The summed E-state index contributed by atoms with van der Waals surface area (Å²) in [4.78, 5) is 27.6. The van der Waals surface area contributed by atoms with Crippen molar-refractivity contribution in [1.82, 2.24) is 14.7 Å². The topological polar surface area (TPSA) is 79.3 Å². The number of carbonyl (C=O) groups is 2. The number of nitrogens with zero attached hydrogens (tertiary/aromatic N) is 3. The number of hydrogen-bond acceptors (Lipinski definition) is 3. The molecular weight excluding hydrogens is 469 g/mol. The molecule has 8 heteroatoms. The van der Waals surface area contributed by atoms with Crippen molar-refractivity contribution in [3.8, 4) is 16.8 Å². The zero-order valence-electron chi connectivity index (χ0n) is 21.2. The van der Waals surface area contributed by atoms with E-state index in [0.29, 0.717) is 18.8 Å². The Morgan fingerprint density at radius 1 is 0.919 bits per heavy atom. The third-order valence-corrected chi connectivity index (χ3v) is 5.95. The minimum Gasteiger partial charge on any atom is -0.315 e. The predicted molar refractivity (Wildman–Crippen MR) is 144 cm³/mol. The van der Waals surface area contributed by atoms with E-state index < -0.39 is 11.8 Å². The molecule has 0 fully saturated rings. The smallest absolute Gasteiger partial charge is 0.315 e. The van der Waals surface area contributed by atoms with Crippen molar-refractivity contribution < 1.29 is 14.0 Å². The molecule has 0 unspecified atom stereocenters. The second-order valence-electron chi connectivity index (χ2n) is 8.75. The highest BCUT2D eigenvalue weighted by molar-refractivity contribution is 5.99. The van der Waals surface area contributed by atoms with E-state index in [1.165, 1.54) is 17.0 Å². The summed E-state index contributed by atoms with van der Waals surface area (Å²) >= 11 is 0. The number of rotatable bonds is 8. The average Bonchev–Trinajstić information content (AvgIpc) is 3.21. The Balaban J connectivity index is 1.64. The third-order valence-electron chi connectivity index (χ3n) is 5.95. The molecule has 0 atom stereocenters. The van der Waals surface area contributed by atoms with Crippen LogP contribution in [0.15, 0.2) is 78.9 Å². The lowest BCUT2D eigenvalue weighted by atomic mass is 10.1. The van der Waals surface area contributed by atoms with Crippen LogP contribution in [0.4, 0.5) is 20.7 Å². The fourth-order valence-electron chi connectivity index (χ4n) is 4.19. The number of benzene rings is 3. The van der Waals surface area contributed by atoms with E-state index in [4.69, 9.17) is 5.10 Å². The molecule has 1 aromatic heterocycles. The first-order valence-electron chi connectivity index (χ1n) is 12.2. The maximum absolute atomic E-state index is 14.1. The van der Waals surface area contributed by atoms with Crippen LogP contribution in [0.5, 0.6) is 0 Å². The van der Waals surface area contributed by atoms with Crippen LogP contribution in [-0.2, 0) is 4.79 Å². The SMILES string of the molecule is CCCN(CC(=O)Nc1c(-c2ccccc2)c(C)nn1-c1ccccc1C)C(=O)Nc1ccccc1F.